The molecule has 34 heavy (non-hydrogen) atoms. The van der Waals surface area contributed by atoms with Crippen LogP contribution in [0.1, 0.15) is 36.8 Å². The summed E-state index contributed by atoms with van der Waals surface area (Å²) < 4.78 is 51.1. The van der Waals surface area contributed by atoms with Gasteiger partial charge < -0.3 is 19.5 Å². The summed E-state index contributed by atoms with van der Waals surface area (Å²) in [5.74, 6) is -2.92. The second-order valence-corrected chi connectivity index (χ2v) is 7.60. The Kier molecular flexibility index (Phi) is 12.1. The van der Waals surface area contributed by atoms with Crippen molar-refractivity contribution >= 4 is 11.9 Å². The predicted octanol–water partition coefficient (Wildman–Crippen LogP) is 4.61. The summed E-state index contributed by atoms with van der Waals surface area (Å²) in [7, 11) is 0. The lowest BCUT2D eigenvalue weighted by Gasteiger charge is -2.09. The Bertz CT molecular complexity index is 857. The first-order chi connectivity index (χ1) is 16.3. The lowest BCUT2D eigenvalue weighted by atomic mass is 10.1. The molecule has 0 aliphatic heterocycles. The summed E-state index contributed by atoms with van der Waals surface area (Å²) in [6.45, 7) is 2.63. The lowest BCUT2D eigenvalue weighted by molar-refractivity contribution is -0.201. The van der Waals surface area contributed by atoms with Crippen molar-refractivity contribution in [2.75, 3.05) is 26.3 Å². The zero-order valence-electron chi connectivity index (χ0n) is 18.9. The molecule has 0 radical (unpaired) electrons. The number of carbonyl (C=O) groups is 2. The largest absolute Gasteiger partial charge is 0.494 e. The number of alkyl halides is 3. The molecule has 0 unspecified atom stereocenters. The number of hydrogen-bond acceptors (Lipinski definition) is 6. The Hall–Kier alpha value is -2.91. The van der Waals surface area contributed by atoms with Gasteiger partial charge in [0.1, 0.15) is 5.75 Å². The monoisotopic (exact) mass is 481 g/mol. The maximum Gasteiger partial charge on any atom is 0.491 e. The topological polar surface area (TPSA) is 73.9 Å². The van der Waals surface area contributed by atoms with E-state index in [2.05, 4.69) is 10.1 Å². The van der Waals surface area contributed by atoms with E-state index in [-0.39, 0.29) is 13.0 Å². The van der Waals surface area contributed by atoms with Gasteiger partial charge in [-0.15, -0.1) is 0 Å². The molecule has 1 N–H and O–H groups in total. The van der Waals surface area contributed by atoms with E-state index in [9.17, 15) is 22.8 Å². The van der Waals surface area contributed by atoms with E-state index in [1.165, 1.54) is 5.56 Å². The fourth-order valence-corrected chi connectivity index (χ4v) is 2.95. The highest BCUT2D eigenvalue weighted by molar-refractivity contribution is 5.88. The highest BCUT2D eigenvalue weighted by Gasteiger charge is 2.42. The van der Waals surface area contributed by atoms with Crippen molar-refractivity contribution in [3.8, 4) is 5.75 Å². The first-order valence-electron chi connectivity index (χ1n) is 11.2. The van der Waals surface area contributed by atoms with Gasteiger partial charge in [-0.2, -0.15) is 13.2 Å². The van der Waals surface area contributed by atoms with Crippen LogP contribution in [0.25, 0.3) is 0 Å². The molecule has 0 spiro atoms. The van der Waals surface area contributed by atoms with Crippen LogP contribution in [0.2, 0.25) is 0 Å². The number of benzene rings is 2. The van der Waals surface area contributed by atoms with Gasteiger partial charge in [0.25, 0.3) is 0 Å². The lowest BCUT2D eigenvalue weighted by Crippen LogP contribution is -2.29. The van der Waals surface area contributed by atoms with Crippen molar-refractivity contribution in [1.29, 1.82) is 0 Å². The van der Waals surface area contributed by atoms with Crippen LogP contribution >= 0.6 is 0 Å². The Balaban J connectivity index is 1.47. The second-order valence-electron chi connectivity index (χ2n) is 7.60. The summed E-state index contributed by atoms with van der Waals surface area (Å²) in [6.07, 6.45) is -1.88. The molecular weight excluding hydrogens is 451 g/mol. The molecule has 0 bridgehead atoms. The van der Waals surface area contributed by atoms with Crippen LogP contribution in [0, 0.1) is 0 Å². The van der Waals surface area contributed by atoms with Crippen molar-refractivity contribution < 1.29 is 37.0 Å². The van der Waals surface area contributed by atoms with E-state index in [0.717, 1.165) is 37.2 Å². The molecule has 0 aliphatic rings. The Morgan fingerprint density at radius 2 is 1.53 bits per heavy atom. The first-order valence-corrected chi connectivity index (χ1v) is 11.2. The van der Waals surface area contributed by atoms with Crippen LogP contribution in [0.5, 0.6) is 5.75 Å². The van der Waals surface area contributed by atoms with Crippen LogP contribution in [0.3, 0.4) is 0 Å². The van der Waals surface area contributed by atoms with Gasteiger partial charge in [0.2, 0.25) is 0 Å². The predicted molar refractivity (Wildman–Crippen MR) is 120 cm³/mol. The number of halogens is 3. The molecule has 0 saturated heterocycles. The summed E-state index contributed by atoms with van der Waals surface area (Å²) >= 11 is 0. The van der Waals surface area contributed by atoms with Gasteiger partial charge in [-0.1, -0.05) is 42.5 Å². The van der Waals surface area contributed by atoms with Gasteiger partial charge in [-0.3, -0.25) is 4.79 Å². The second kappa shape index (κ2) is 15.1. The zero-order valence-corrected chi connectivity index (χ0v) is 18.9. The fraction of sp³-hybridized carbons (Fsp3) is 0.440. The summed E-state index contributed by atoms with van der Waals surface area (Å²) in [4.78, 5) is 21.7. The number of nitrogens with one attached hydrogen (secondary N) is 1. The van der Waals surface area contributed by atoms with Gasteiger partial charge in [0.15, 0.2) is 0 Å². The Morgan fingerprint density at radius 1 is 0.824 bits per heavy atom. The van der Waals surface area contributed by atoms with E-state index in [1.54, 1.807) is 0 Å². The fourth-order valence-electron chi connectivity index (χ4n) is 2.95. The molecule has 2 aromatic carbocycles. The maximum absolute atomic E-state index is 12.0. The van der Waals surface area contributed by atoms with Gasteiger partial charge >= 0.3 is 18.1 Å². The third-order valence-electron chi connectivity index (χ3n) is 4.77. The minimum absolute atomic E-state index is 0.114. The third kappa shape index (κ3) is 11.8. The van der Waals surface area contributed by atoms with Gasteiger partial charge in [0, 0.05) is 13.2 Å². The van der Waals surface area contributed by atoms with Crippen LogP contribution in [-0.2, 0) is 32.1 Å². The minimum atomic E-state index is -5.17. The van der Waals surface area contributed by atoms with Crippen molar-refractivity contribution in [1.82, 2.24) is 5.32 Å². The first kappa shape index (κ1) is 27.3. The molecule has 0 amide bonds. The molecule has 2 rings (SSSR count). The van der Waals surface area contributed by atoms with Gasteiger partial charge in [-0.05, 0) is 55.5 Å². The SMILES string of the molecule is O=C(CCNCCc1ccc(OCCCCCOCc2ccccc2)cc1)OC(=O)C(F)(F)F. The van der Waals surface area contributed by atoms with Crippen LogP contribution < -0.4 is 10.1 Å². The molecular formula is C25H30F3NO5. The quantitative estimate of drug-likeness (QED) is 0.228. The summed E-state index contributed by atoms with van der Waals surface area (Å²) in [5.41, 5.74) is 2.22. The van der Waals surface area contributed by atoms with E-state index in [4.69, 9.17) is 9.47 Å². The van der Waals surface area contributed by atoms with E-state index in [1.807, 2.05) is 54.6 Å². The highest BCUT2D eigenvalue weighted by Crippen LogP contribution is 2.17. The number of rotatable bonds is 15. The smallest absolute Gasteiger partial charge is 0.491 e. The molecule has 9 heteroatoms. The average Bonchev–Trinajstić information content (AvgIpc) is 2.81. The molecule has 2 aromatic rings. The molecule has 0 atom stereocenters. The maximum atomic E-state index is 12.0. The molecule has 6 nitrogen and oxygen atoms in total. The molecule has 186 valence electrons. The minimum Gasteiger partial charge on any atom is -0.494 e. The van der Waals surface area contributed by atoms with Gasteiger partial charge in [0.05, 0.1) is 19.6 Å². The van der Waals surface area contributed by atoms with E-state index >= 15 is 0 Å². The van der Waals surface area contributed by atoms with Crippen LogP contribution in [0.15, 0.2) is 54.6 Å². The van der Waals surface area contributed by atoms with Gasteiger partial charge in [-0.25, -0.2) is 4.79 Å². The molecule has 0 fully saturated rings. The van der Waals surface area contributed by atoms with Crippen molar-refractivity contribution in [2.45, 2.75) is 44.9 Å². The number of carbonyl (C=O) groups excluding carboxylic acids is 2. The van der Waals surface area contributed by atoms with Crippen molar-refractivity contribution in [3.63, 3.8) is 0 Å². The average molecular weight is 482 g/mol. The number of esters is 2. The number of unbranched alkanes of at least 4 members (excludes halogenated alkanes) is 2. The van der Waals surface area contributed by atoms with Crippen molar-refractivity contribution in [3.05, 3.63) is 65.7 Å². The van der Waals surface area contributed by atoms with Crippen molar-refractivity contribution in [2.24, 2.45) is 0 Å². The summed E-state index contributed by atoms with van der Waals surface area (Å²) in [6, 6.07) is 17.7. The Morgan fingerprint density at radius 3 is 2.24 bits per heavy atom. The molecule has 0 aromatic heterocycles. The molecule has 0 saturated carbocycles. The normalized spacial score (nSPS) is 11.3. The number of hydrogen-bond donors (Lipinski definition) is 1. The zero-order chi connectivity index (χ0) is 24.7. The van der Waals surface area contributed by atoms with Crippen LogP contribution in [-0.4, -0.2) is 44.4 Å². The van der Waals surface area contributed by atoms with E-state index < -0.39 is 18.1 Å². The van der Waals surface area contributed by atoms with Crippen LogP contribution in [0.4, 0.5) is 13.2 Å². The summed E-state index contributed by atoms with van der Waals surface area (Å²) in [5, 5.41) is 2.93. The highest BCUT2D eigenvalue weighted by atomic mass is 19.4. The number of ether oxygens (including phenoxy) is 3. The molecule has 0 heterocycles. The standard InChI is InChI=1S/C25H30F3NO5/c26-25(27,28)24(31)34-23(30)14-16-29-15-13-20-9-11-22(12-10-20)33-18-6-2-5-17-32-19-21-7-3-1-4-8-21/h1,3-4,7-12,29H,2,5-6,13-19H2. The van der Waals surface area contributed by atoms with E-state index in [0.29, 0.717) is 26.2 Å². The third-order valence-corrected chi connectivity index (χ3v) is 4.77. The molecule has 0 aliphatic carbocycles. The Labute approximate surface area is 197 Å².